The maximum absolute atomic E-state index is 10.5. The predicted octanol–water partition coefficient (Wildman–Crippen LogP) is 3.58. The number of hydrogen-bond acceptors (Lipinski definition) is 4. The number of benzene rings is 1. The highest BCUT2D eigenvalue weighted by Crippen LogP contribution is 2.18. The number of carbonyl (C=O) groups is 1. The molecule has 3 nitrogen and oxygen atoms in total. The lowest BCUT2D eigenvalue weighted by atomic mass is 10.2. The molecule has 1 aromatic carbocycles. The van der Waals surface area contributed by atoms with Crippen LogP contribution in [0.15, 0.2) is 24.3 Å². The van der Waals surface area contributed by atoms with E-state index in [1.807, 2.05) is 19.1 Å². The van der Waals surface area contributed by atoms with Gasteiger partial charge in [0.15, 0.2) is 0 Å². The molecule has 2 aromatic rings. The predicted molar refractivity (Wildman–Crippen MR) is 77.2 cm³/mol. The molecule has 0 fully saturated rings. The van der Waals surface area contributed by atoms with Crippen molar-refractivity contribution < 1.29 is 9.53 Å². The van der Waals surface area contributed by atoms with Gasteiger partial charge in [0.1, 0.15) is 12.0 Å². The molecule has 0 aliphatic carbocycles. The van der Waals surface area contributed by atoms with E-state index >= 15 is 0 Å². The summed E-state index contributed by atoms with van der Waals surface area (Å²) in [4.78, 5) is 16.3. The van der Waals surface area contributed by atoms with E-state index in [9.17, 15) is 4.79 Å². The van der Waals surface area contributed by atoms with Crippen LogP contribution in [0.3, 0.4) is 0 Å². The fraction of sp³-hybridized carbons (Fsp3) is 0.333. The minimum Gasteiger partial charge on any atom is -0.494 e. The van der Waals surface area contributed by atoms with E-state index in [1.54, 1.807) is 23.5 Å². The van der Waals surface area contributed by atoms with Crippen molar-refractivity contribution in [3.63, 3.8) is 0 Å². The van der Waals surface area contributed by atoms with Crippen LogP contribution in [-0.2, 0) is 6.42 Å². The van der Waals surface area contributed by atoms with Crippen LogP contribution in [-0.4, -0.2) is 17.9 Å². The molecule has 0 radical (unpaired) electrons. The standard InChI is InChI=1S/C15H17NO2S/c1-11-12(2)19-15(16-11)4-3-9-18-14-7-5-13(10-17)6-8-14/h5-8,10H,3-4,9H2,1-2H3. The van der Waals surface area contributed by atoms with E-state index in [0.29, 0.717) is 12.2 Å². The van der Waals surface area contributed by atoms with Gasteiger partial charge in [-0.15, -0.1) is 11.3 Å². The second kappa shape index (κ2) is 6.48. The second-order valence-corrected chi connectivity index (χ2v) is 5.68. The number of aryl methyl sites for hydroxylation is 3. The quantitative estimate of drug-likeness (QED) is 0.597. The largest absolute Gasteiger partial charge is 0.494 e. The third-order valence-electron chi connectivity index (χ3n) is 2.89. The molecule has 0 aliphatic rings. The van der Waals surface area contributed by atoms with E-state index in [2.05, 4.69) is 11.9 Å². The summed E-state index contributed by atoms with van der Waals surface area (Å²) in [6.45, 7) is 4.81. The summed E-state index contributed by atoms with van der Waals surface area (Å²) >= 11 is 1.76. The molecule has 1 aromatic heterocycles. The van der Waals surface area contributed by atoms with Gasteiger partial charge in [-0.25, -0.2) is 4.98 Å². The van der Waals surface area contributed by atoms with Crippen molar-refractivity contribution in [1.29, 1.82) is 0 Å². The number of aromatic nitrogens is 1. The maximum Gasteiger partial charge on any atom is 0.150 e. The summed E-state index contributed by atoms with van der Waals surface area (Å²) in [5.74, 6) is 0.803. The Morgan fingerprint density at radius 2 is 2.00 bits per heavy atom. The zero-order valence-corrected chi connectivity index (χ0v) is 12.0. The molecule has 0 aliphatic heterocycles. The minimum atomic E-state index is 0.665. The average Bonchev–Trinajstić information content (AvgIpc) is 2.74. The Labute approximate surface area is 117 Å². The molecule has 0 bridgehead atoms. The summed E-state index contributed by atoms with van der Waals surface area (Å²) in [5.41, 5.74) is 1.80. The fourth-order valence-electron chi connectivity index (χ4n) is 1.70. The van der Waals surface area contributed by atoms with Crippen LogP contribution in [0.1, 0.15) is 32.4 Å². The number of aldehydes is 1. The normalized spacial score (nSPS) is 10.4. The summed E-state index contributed by atoms with van der Waals surface area (Å²) in [7, 11) is 0. The fourth-order valence-corrected chi connectivity index (χ4v) is 2.68. The van der Waals surface area contributed by atoms with Gasteiger partial charge in [0, 0.05) is 16.9 Å². The highest BCUT2D eigenvalue weighted by molar-refractivity contribution is 7.11. The van der Waals surface area contributed by atoms with Gasteiger partial charge in [-0.1, -0.05) is 0 Å². The number of nitrogens with zero attached hydrogens (tertiary/aromatic N) is 1. The topological polar surface area (TPSA) is 39.2 Å². The Morgan fingerprint density at radius 1 is 1.26 bits per heavy atom. The molecule has 1 heterocycles. The summed E-state index contributed by atoms with van der Waals surface area (Å²) in [6, 6.07) is 7.16. The molecule has 0 spiro atoms. The van der Waals surface area contributed by atoms with Gasteiger partial charge < -0.3 is 4.74 Å². The van der Waals surface area contributed by atoms with E-state index in [1.165, 1.54) is 9.88 Å². The Morgan fingerprint density at radius 3 is 2.58 bits per heavy atom. The van der Waals surface area contributed by atoms with Crippen molar-refractivity contribution >= 4 is 17.6 Å². The van der Waals surface area contributed by atoms with Crippen molar-refractivity contribution in [2.24, 2.45) is 0 Å². The van der Waals surface area contributed by atoms with Crippen molar-refractivity contribution in [3.8, 4) is 5.75 Å². The van der Waals surface area contributed by atoms with Crippen LogP contribution in [0, 0.1) is 13.8 Å². The molecule has 100 valence electrons. The summed E-state index contributed by atoms with van der Waals surface area (Å²) < 4.78 is 5.63. The van der Waals surface area contributed by atoms with E-state index in [4.69, 9.17) is 4.74 Å². The van der Waals surface area contributed by atoms with Gasteiger partial charge in [-0.3, -0.25) is 4.79 Å². The van der Waals surface area contributed by atoms with Gasteiger partial charge >= 0.3 is 0 Å². The highest BCUT2D eigenvalue weighted by Gasteiger charge is 2.03. The third kappa shape index (κ3) is 3.89. The molecule has 0 amide bonds. The number of thiazole rings is 1. The molecule has 0 atom stereocenters. The van der Waals surface area contributed by atoms with Crippen LogP contribution < -0.4 is 4.74 Å². The SMILES string of the molecule is Cc1nc(CCCOc2ccc(C=O)cc2)sc1C. The second-order valence-electron chi connectivity index (χ2n) is 4.39. The monoisotopic (exact) mass is 275 g/mol. The number of ether oxygens (including phenoxy) is 1. The molecular weight excluding hydrogens is 258 g/mol. The van der Waals surface area contributed by atoms with Crippen LogP contribution in [0.2, 0.25) is 0 Å². The van der Waals surface area contributed by atoms with Gasteiger partial charge in [-0.05, 0) is 44.5 Å². The Hall–Kier alpha value is -1.68. The van der Waals surface area contributed by atoms with E-state index < -0.39 is 0 Å². The lowest BCUT2D eigenvalue weighted by molar-refractivity contribution is 0.112. The number of hydrogen-bond donors (Lipinski definition) is 0. The van der Waals surface area contributed by atoms with Crippen LogP contribution >= 0.6 is 11.3 Å². The molecule has 2 rings (SSSR count). The van der Waals surface area contributed by atoms with Crippen LogP contribution in [0.5, 0.6) is 5.75 Å². The highest BCUT2D eigenvalue weighted by atomic mass is 32.1. The molecule has 0 unspecified atom stereocenters. The first-order chi connectivity index (χ1) is 9.19. The van der Waals surface area contributed by atoms with Crippen LogP contribution in [0.4, 0.5) is 0 Å². The lowest BCUT2D eigenvalue weighted by Gasteiger charge is -2.05. The van der Waals surface area contributed by atoms with Gasteiger partial charge in [0.2, 0.25) is 0 Å². The summed E-state index contributed by atoms with van der Waals surface area (Å²) in [6.07, 6.45) is 2.73. The third-order valence-corrected chi connectivity index (χ3v) is 4.03. The van der Waals surface area contributed by atoms with Gasteiger partial charge in [0.05, 0.1) is 17.3 Å². The van der Waals surface area contributed by atoms with Gasteiger partial charge in [-0.2, -0.15) is 0 Å². The maximum atomic E-state index is 10.5. The first kappa shape index (κ1) is 13.7. The van der Waals surface area contributed by atoms with Crippen molar-refractivity contribution in [2.45, 2.75) is 26.7 Å². The Balaban J connectivity index is 1.75. The molecule has 0 N–H and O–H groups in total. The number of rotatable bonds is 6. The first-order valence-electron chi connectivity index (χ1n) is 6.30. The van der Waals surface area contributed by atoms with Crippen molar-refractivity contribution in [2.75, 3.05) is 6.61 Å². The van der Waals surface area contributed by atoms with Crippen molar-refractivity contribution in [3.05, 3.63) is 45.4 Å². The van der Waals surface area contributed by atoms with E-state index in [-0.39, 0.29) is 0 Å². The molecule has 0 saturated carbocycles. The minimum absolute atomic E-state index is 0.665. The average molecular weight is 275 g/mol. The Kier molecular flexibility index (Phi) is 4.68. The van der Waals surface area contributed by atoms with Crippen LogP contribution in [0.25, 0.3) is 0 Å². The molecule has 0 saturated heterocycles. The zero-order valence-electron chi connectivity index (χ0n) is 11.2. The molecular formula is C15H17NO2S. The van der Waals surface area contributed by atoms with Gasteiger partial charge in [0.25, 0.3) is 0 Å². The smallest absolute Gasteiger partial charge is 0.150 e. The van der Waals surface area contributed by atoms with E-state index in [0.717, 1.165) is 30.6 Å². The Bertz CT molecular complexity index is 526. The number of carbonyl (C=O) groups excluding carboxylic acids is 1. The van der Waals surface area contributed by atoms with Crippen molar-refractivity contribution in [1.82, 2.24) is 4.98 Å². The lowest BCUT2D eigenvalue weighted by Crippen LogP contribution is -1.99. The zero-order chi connectivity index (χ0) is 13.7. The summed E-state index contributed by atoms with van der Waals surface area (Å²) in [5, 5.41) is 1.18. The first-order valence-corrected chi connectivity index (χ1v) is 7.11. The molecule has 4 heteroatoms. The molecule has 19 heavy (non-hydrogen) atoms.